The van der Waals surface area contributed by atoms with Gasteiger partial charge in [0.2, 0.25) is 6.39 Å². The SMILES string of the molecule is CC(C)(C)NC(=O)OCc1nnco1. The van der Waals surface area contributed by atoms with Gasteiger partial charge in [0, 0.05) is 5.54 Å². The van der Waals surface area contributed by atoms with Gasteiger partial charge in [-0.1, -0.05) is 0 Å². The monoisotopic (exact) mass is 199 g/mol. The van der Waals surface area contributed by atoms with E-state index in [2.05, 4.69) is 15.5 Å². The Bertz CT molecular complexity index is 289. The molecule has 0 saturated carbocycles. The van der Waals surface area contributed by atoms with E-state index < -0.39 is 6.09 Å². The maximum atomic E-state index is 11.1. The summed E-state index contributed by atoms with van der Waals surface area (Å²) in [5.41, 5.74) is -0.314. The Kier molecular flexibility index (Phi) is 3.06. The minimum Gasteiger partial charge on any atom is -0.439 e. The quantitative estimate of drug-likeness (QED) is 0.771. The second kappa shape index (κ2) is 4.08. The molecule has 0 unspecified atom stereocenters. The molecule has 1 aromatic rings. The first-order valence-corrected chi connectivity index (χ1v) is 4.17. The summed E-state index contributed by atoms with van der Waals surface area (Å²) in [5, 5.41) is 9.64. The van der Waals surface area contributed by atoms with E-state index in [1.54, 1.807) is 0 Å². The first kappa shape index (κ1) is 10.5. The Hall–Kier alpha value is -1.59. The van der Waals surface area contributed by atoms with Gasteiger partial charge in [0.1, 0.15) is 0 Å². The van der Waals surface area contributed by atoms with Crippen molar-refractivity contribution >= 4 is 6.09 Å². The zero-order chi connectivity index (χ0) is 10.6. The van der Waals surface area contributed by atoms with Gasteiger partial charge in [-0.15, -0.1) is 10.2 Å². The van der Waals surface area contributed by atoms with E-state index in [1.165, 1.54) is 6.39 Å². The molecule has 1 N–H and O–H groups in total. The van der Waals surface area contributed by atoms with E-state index in [0.29, 0.717) is 0 Å². The fourth-order valence-corrected chi connectivity index (χ4v) is 0.728. The van der Waals surface area contributed by atoms with Crippen LogP contribution in [0.15, 0.2) is 10.8 Å². The van der Waals surface area contributed by atoms with Gasteiger partial charge in [-0.05, 0) is 20.8 Å². The number of aromatic nitrogens is 2. The van der Waals surface area contributed by atoms with Crippen molar-refractivity contribution in [2.24, 2.45) is 0 Å². The Labute approximate surface area is 81.6 Å². The minimum absolute atomic E-state index is 0.0120. The molecule has 0 aliphatic heterocycles. The number of amides is 1. The standard InChI is InChI=1S/C8H13N3O3/c1-8(2,3)10-7(12)13-4-6-11-9-5-14-6/h5H,4H2,1-3H3,(H,10,12). The number of ether oxygens (including phenoxy) is 1. The predicted molar refractivity (Wildman–Crippen MR) is 47.4 cm³/mol. The maximum Gasteiger partial charge on any atom is 0.408 e. The second-order valence-corrected chi connectivity index (χ2v) is 3.78. The van der Waals surface area contributed by atoms with Crippen LogP contribution in [0.25, 0.3) is 0 Å². The zero-order valence-corrected chi connectivity index (χ0v) is 8.40. The van der Waals surface area contributed by atoms with Gasteiger partial charge in [0.15, 0.2) is 6.61 Å². The van der Waals surface area contributed by atoms with Crippen molar-refractivity contribution in [2.75, 3.05) is 0 Å². The number of hydrogen-bond donors (Lipinski definition) is 1. The van der Waals surface area contributed by atoms with Crippen LogP contribution in [0, 0.1) is 0 Å². The molecular weight excluding hydrogens is 186 g/mol. The summed E-state index contributed by atoms with van der Waals surface area (Å²) in [6, 6.07) is 0. The summed E-state index contributed by atoms with van der Waals surface area (Å²) in [6.07, 6.45) is 0.677. The number of carbonyl (C=O) groups is 1. The minimum atomic E-state index is -0.504. The smallest absolute Gasteiger partial charge is 0.408 e. The molecule has 0 saturated heterocycles. The van der Waals surface area contributed by atoms with E-state index in [9.17, 15) is 4.79 Å². The van der Waals surface area contributed by atoms with E-state index in [0.717, 1.165) is 0 Å². The van der Waals surface area contributed by atoms with Crippen LogP contribution in [0.5, 0.6) is 0 Å². The van der Waals surface area contributed by atoms with Crippen molar-refractivity contribution in [3.8, 4) is 0 Å². The van der Waals surface area contributed by atoms with Gasteiger partial charge >= 0.3 is 6.09 Å². The molecule has 0 atom stereocenters. The highest BCUT2D eigenvalue weighted by Crippen LogP contribution is 2.00. The van der Waals surface area contributed by atoms with Crippen LogP contribution < -0.4 is 5.32 Å². The highest BCUT2D eigenvalue weighted by atomic mass is 16.6. The van der Waals surface area contributed by atoms with Gasteiger partial charge < -0.3 is 14.5 Å². The summed E-state index contributed by atoms with van der Waals surface area (Å²) < 4.78 is 9.60. The molecule has 14 heavy (non-hydrogen) atoms. The van der Waals surface area contributed by atoms with Crippen molar-refractivity contribution < 1.29 is 13.9 Å². The molecule has 1 rings (SSSR count). The molecule has 1 aromatic heterocycles. The average molecular weight is 199 g/mol. The van der Waals surface area contributed by atoms with E-state index in [4.69, 9.17) is 9.15 Å². The fraction of sp³-hybridized carbons (Fsp3) is 0.625. The van der Waals surface area contributed by atoms with Crippen LogP contribution in [0.1, 0.15) is 26.7 Å². The molecule has 6 nitrogen and oxygen atoms in total. The molecule has 0 fully saturated rings. The number of nitrogens with zero attached hydrogens (tertiary/aromatic N) is 2. The summed E-state index contributed by atoms with van der Waals surface area (Å²) in [5.74, 6) is 0.272. The van der Waals surface area contributed by atoms with Crippen LogP contribution in [0.2, 0.25) is 0 Å². The molecule has 1 amide bonds. The molecule has 6 heteroatoms. The van der Waals surface area contributed by atoms with Crippen LogP contribution in [-0.4, -0.2) is 21.8 Å². The third-order valence-electron chi connectivity index (χ3n) is 1.21. The number of carbonyl (C=O) groups excluding carboxylic acids is 1. The van der Waals surface area contributed by atoms with Crippen molar-refractivity contribution in [1.82, 2.24) is 15.5 Å². The third-order valence-corrected chi connectivity index (χ3v) is 1.21. The van der Waals surface area contributed by atoms with E-state index >= 15 is 0 Å². The summed E-state index contributed by atoms with van der Waals surface area (Å²) in [7, 11) is 0. The normalized spacial score (nSPS) is 11.1. The Balaban J connectivity index is 2.29. The highest BCUT2D eigenvalue weighted by Gasteiger charge is 2.15. The summed E-state index contributed by atoms with van der Waals surface area (Å²) in [4.78, 5) is 11.1. The number of alkyl carbamates (subject to hydrolysis) is 1. The van der Waals surface area contributed by atoms with Gasteiger partial charge in [-0.2, -0.15) is 0 Å². The molecule has 0 spiro atoms. The van der Waals surface area contributed by atoms with Crippen molar-refractivity contribution in [3.63, 3.8) is 0 Å². The molecule has 0 aliphatic carbocycles. The van der Waals surface area contributed by atoms with Gasteiger partial charge in [0.05, 0.1) is 0 Å². The number of hydrogen-bond acceptors (Lipinski definition) is 5. The van der Waals surface area contributed by atoms with E-state index in [-0.39, 0.29) is 18.0 Å². The van der Waals surface area contributed by atoms with Gasteiger partial charge in [-0.25, -0.2) is 4.79 Å². The lowest BCUT2D eigenvalue weighted by molar-refractivity contribution is 0.121. The molecular formula is C8H13N3O3. The number of nitrogens with one attached hydrogen (secondary N) is 1. The van der Waals surface area contributed by atoms with Crippen LogP contribution in [0.4, 0.5) is 4.79 Å². The van der Waals surface area contributed by atoms with Gasteiger partial charge in [0.25, 0.3) is 5.89 Å². The topological polar surface area (TPSA) is 77.2 Å². The predicted octanol–water partition coefficient (Wildman–Crippen LogP) is 1.09. The average Bonchev–Trinajstić information content (AvgIpc) is 2.49. The highest BCUT2D eigenvalue weighted by molar-refractivity contribution is 5.67. The molecule has 1 heterocycles. The molecule has 0 bridgehead atoms. The van der Waals surface area contributed by atoms with Crippen molar-refractivity contribution in [3.05, 3.63) is 12.3 Å². The van der Waals surface area contributed by atoms with Crippen LogP contribution in [-0.2, 0) is 11.3 Å². The van der Waals surface area contributed by atoms with Gasteiger partial charge in [-0.3, -0.25) is 0 Å². The Morgan fingerprint density at radius 2 is 2.36 bits per heavy atom. The van der Waals surface area contributed by atoms with Crippen molar-refractivity contribution in [2.45, 2.75) is 32.9 Å². The van der Waals surface area contributed by atoms with Crippen LogP contribution >= 0.6 is 0 Å². The zero-order valence-electron chi connectivity index (χ0n) is 8.40. The Morgan fingerprint density at radius 1 is 1.64 bits per heavy atom. The molecule has 0 aromatic carbocycles. The van der Waals surface area contributed by atoms with Crippen molar-refractivity contribution in [1.29, 1.82) is 0 Å². The second-order valence-electron chi connectivity index (χ2n) is 3.78. The first-order valence-electron chi connectivity index (χ1n) is 4.17. The maximum absolute atomic E-state index is 11.1. The van der Waals surface area contributed by atoms with E-state index in [1.807, 2.05) is 20.8 Å². The lowest BCUT2D eigenvalue weighted by atomic mass is 10.1. The summed E-state index contributed by atoms with van der Waals surface area (Å²) >= 11 is 0. The molecule has 0 radical (unpaired) electrons. The van der Waals surface area contributed by atoms with Crippen LogP contribution in [0.3, 0.4) is 0 Å². The lowest BCUT2D eigenvalue weighted by Gasteiger charge is -2.19. The number of rotatable bonds is 2. The largest absolute Gasteiger partial charge is 0.439 e. The fourth-order valence-electron chi connectivity index (χ4n) is 0.728. The summed E-state index contributed by atoms with van der Waals surface area (Å²) in [6.45, 7) is 5.57. The molecule has 78 valence electrons. The third kappa shape index (κ3) is 3.88. The lowest BCUT2D eigenvalue weighted by Crippen LogP contribution is -2.40. The molecule has 0 aliphatic rings. The Morgan fingerprint density at radius 3 is 2.86 bits per heavy atom. The first-order chi connectivity index (χ1) is 6.47.